The van der Waals surface area contributed by atoms with E-state index in [0.29, 0.717) is 0 Å². The van der Waals surface area contributed by atoms with Gasteiger partial charge in [0.2, 0.25) is 0 Å². The van der Waals surface area contributed by atoms with Crippen LogP contribution in [0.3, 0.4) is 0 Å². The van der Waals surface area contributed by atoms with Crippen LogP contribution in [-0.4, -0.2) is 4.57 Å². The highest BCUT2D eigenvalue weighted by Gasteiger charge is 2.41. The van der Waals surface area contributed by atoms with E-state index in [1.807, 2.05) is 0 Å². The molecule has 1 heterocycles. The van der Waals surface area contributed by atoms with Gasteiger partial charge in [-0.3, -0.25) is 0 Å². The third-order valence-electron chi connectivity index (χ3n) is 15.7. The van der Waals surface area contributed by atoms with Gasteiger partial charge >= 0.3 is 0 Å². The molecule has 74 heavy (non-hydrogen) atoms. The predicted octanol–water partition coefficient (Wildman–Crippen LogP) is 19.4. The molecule has 1 aromatic heterocycles. The minimum atomic E-state index is -0.287. The molecule has 0 radical (unpaired) electrons. The maximum absolute atomic E-state index is 2.50. The van der Waals surface area contributed by atoms with Crippen molar-refractivity contribution in [1.29, 1.82) is 0 Å². The Kier molecular flexibility index (Phi) is 10.3. The summed E-state index contributed by atoms with van der Waals surface area (Å²) in [5.41, 5.74) is 22.5. The van der Waals surface area contributed by atoms with E-state index in [2.05, 4.69) is 302 Å². The van der Waals surface area contributed by atoms with Crippen LogP contribution in [0.5, 0.6) is 0 Å². The number of anilines is 3. The van der Waals surface area contributed by atoms with Crippen LogP contribution in [0.15, 0.2) is 285 Å². The van der Waals surface area contributed by atoms with Crippen molar-refractivity contribution in [2.75, 3.05) is 4.90 Å². The molecule has 2 nitrogen and oxygen atoms in total. The van der Waals surface area contributed by atoms with Crippen LogP contribution in [0, 0.1) is 0 Å². The number of nitrogens with zero attached hydrogens (tertiary/aromatic N) is 2. The van der Waals surface area contributed by atoms with Crippen LogP contribution in [0.2, 0.25) is 0 Å². The molecular formula is C72H50N2. The first kappa shape index (κ1) is 43.3. The van der Waals surface area contributed by atoms with Gasteiger partial charge in [-0.25, -0.2) is 0 Å². The minimum Gasteiger partial charge on any atom is -0.309 e. The van der Waals surface area contributed by atoms with E-state index in [-0.39, 0.29) is 5.41 Å². The number of rotatable bonds is 9. The van der Waals surface area contributed by atoms with Crippen LogP contribution in [0.4, 0.5) is 17.1 Å². The summed E-state index contributed by atoms with van der Waals surface area (Å²) in [5.74, 6) is 0. The zero-order chi connectivity index (χ0) is 49.2. The quantitative estimate of drug-likeness (QED) is 0.140. The van der Waals surface area contributed by atoms with E-state index in [1.165, 1.54) is 88.2 Å². The van der Waals surface area contributed by atoms with Crippen molar-refractivity contribution in [3.8, 4) is 61.3 Å². The lowest BCUT2D eigenvalue weighted by Gasteiger charge is -2.30. The zero-order valence-corrected chi connectivity index (χ0v) is 41.0. The highest BCUT2D eigenvalue weighted by Crippen LogP contribution is 2.56. The first-order valence-electron chi connectivity index (χ1n) is 25.7. The highest BCUT2D eigenvalue weighted by atomic mass is 15.1. The second kappa shape index (κ2) is 17.7. The van der Waals surface area contributed by atoms with Gasteiger partial charge in [-0.05, 0) is 116 Å². The van der Waals surface area contributed by atoms with Crippen LogP contribution in [0.1, 0.15) is 23.6 Å². The molecule has 2 heteroatoms. The summed E-state index contributed by atoms with van der Waals surface area (Å²) in [6, 6.07) is 105. The normalized spacial score (nSPS) is 13.8. The first-order chi connectivity index (χ1) is 36.6. The summed E-state index contributed by atoms with van der Waals surface area (Å²) in [5, 5.41) is 4.89. The zero-order valence-electron chi connectivity index (χ0n) is 41.0. The van der Waals surface area contributed by atoms with Crippen molar-refractivity contribution in [3.63, 3.8) is 0 Å². The Labute approximate surface area is 432 Å². The number of para-hydroxylation sites is 5. The first-order valence-corrected chi connectivity index (χ1v) is 25.7. The molecule has 0 spiro atoms. The third kappa shape index (κ3) is 6.80. The van der Waals surface area contributed by atoms with E-state index in [9.17, 15) is 0 Å². The van der Waals surface area contributed by atoms with Gasteiger partial charge in [0.05, 0.1) is 22.4 Å². The van der Waals surface area contributed by atoms with Crippen molar-refractivity contribution in [3.05, 3.63) is 302 Å². The Hall–Kier alpha value is -9.50. The molecule has 1 atom stereocenters. The Morgan fingerprint density at radius 2 is 0.838 bits per heavy atom. The predicted molar refractivity (Wildman–Crippen MR) is 312 cm³/mol. The summed E-state index contributed by atoms with van der Waals surface area (Å²) in [4.78, 5) is 2.50. The van der Waals surface area contributed by atoms with E-state index in [0.717, 1.165) is 39.4 Å². The Morgan fingerprint density at radius 1 is 0.338 bits per heavy atom. The fraction of sp³-hybridized carbons (Fsp3) is 0.0278. The van der Waals surface area contributed by atoms with Crippen molar-refractivity contribution in [2.45, 2.75) is 12.3 Å². The summed E-state index contributed by atoms with van der Waals surface area (Å²) < 4.78 is 2.45. The topological polar surface area (TPSA) is 8.17 Å². The van der Waals surface area contributed by atoms with Gasteiger partial charge in [0.1, 0.15) is 0 Å². The van der Waals surface area contributed by atoms with Crippen LogP contribution in [-0.2, 0) is 5.41 Å². The van der Waals surface area contributed by atoms with E-state index < -0.39 is 0 Å². The molecule has 13 aromatic rings. The summed E-state index contributed by atoms with van der Waals surface area (Å²) in [6.45, 7) is 2.39. The third-order valence-corrected chi connectivity index (χ3v) is 15.7. The maximum atomic E-state index is 2.50. The van der Waals surface area contributed by atoms with Gasteiger partial charge < -0.3 is 9.47 Å². The largest absolute Gasteiger partial charge is 0.309 e. The highest BCUT2D eigenvalue weighted by molar-refractivity contribution is 6.15. The molecular weight excluding hydrogens is 893 g/mol. The van der Waals surface area contributed by atoms with Crippen molar-refractivity contribution >= 4 is 49.6 Å². The van der Waals surface area contributed by atoms with Gasteiger partial charge in [0, 0.05) is 44.3 Å². The average Bonchev–Trinajstić information content (AvgIpc) is 3.98. The molecule has 1 aliphatic rings. The van der Waals surface area contributed by atoms with Gasteiger partial charge in [-0.2, -0.15) is 0 Å². The van der Waals surface area contributed by atoms with Crippen LogP contribution >= 0.6 is 0 Å². The standard InChI is InChI=1S/C72H50N2/c1-72(52-27-7-3-8-28-52)64-40-15-11-34-63(64)70-56(36-22-41-65(70)72)50-45-47-54(48-46-50)73(66-42-16-12-31-57(66)60-37-20-26-51-25-19-35-55(69(51)60)49-23-5-2-6-24-49)67-43-17-13-32-58(67)61-38-21-39-62-59-33-14-18-44-68(59)74(71(61)62)53-29-9-4-10-30-53/h2-48H,1H3. The molecule has 0 saturated carbocycles. The lowest BCUT2D eigenvalue weighted by atomic mass is 9.74. The molecule has 0 amide bonds. The second-order valence-corrected chi connectivity index (χ2v) is 19.6. The number of fused-ring (bicyclic) bond motifs is 7. The molecule has 0 fully saturated rings. The van der Waals surface area contributed by atoms with Crippen molar-refractivity contribution < 1.29 is 0 Å². The second-order valence-electron chi connectivity index (χ2n) is 19.6. The molecule has 0 N–H and O–H groups in total. The van der Waals surface area contributed by atoms with Crippen molar-refractivity contribution in [1.82, 2.24) is 4.57 Å². The monoisotopic (exact) mass is 942 g/mol. The fourth-order valence-electron chi connectivity index (χ4n) is 12.4. The molecule has 0 saturated heterocycles. The smallest absolute Gasteiger partial charge is 0.0620 e. The Balaban J connectivity index is 1.01. The van der Waals surface area contributed by atoms with Crippen LogP contribution < -0.4 is 4.90 Å². The lowest BCUT2D eigenvalue weighted by Crippen LogP contribution is -2.22. The number of hydrogen-bond acceptors (Lipinski definition) is 1. The average molecular weight is 943 g/mol. The van der Waals surface area contributed by atoms with E-state index >= 15 is 0 Å². The molecule has 0 aliphatic heterocycles. The molecule has 14 rings (SSSR count). The van der Waals surface area contributed by atoms with E-state index in [4.69, 9.17) is 0 Å². The Bertz CT molecular complexity index is 4240. The van der Waals surface area contributed by atoms with Gasteiger partial charge in [0.25, 0.3) is 0 Å². The van der Waals surface area contributed by atoms with Crippen LogP contribution in [0.25, 0.3) is 93.9 Å². The van der Waals surface area contributed by atoms with Gasteiger partial charge in [0.15, 0.2) is 0 Å². The fourth-order valence-corrected chi connectivity index (χ4v) is 12.4. The summed E-state index contributed by atoms with van der Waals surface area (Å²) in [7, 11) is 0. The molecule has 12 aromatic carbocycles. The number of benzene rings is 12. The molecule has 0 bridgehead atoms. The molecule has 348 valence electrons. The SMILES string of the molecule is CC1(c2ccccc2)c2ccccc2-c2c(-c3ccc(N(c4ccccc4-c4cccc5cccc(-c6ccccc6)c45)c4ccccc4-c4cccc5c6ccccc6n(-c6ccccc6)c45)cc3)cccc21. The summed E-state index contributed by atoms with van der Waals surface area (Å²) in [6.07, 6.45) is 0. The number of aromatic nitrogens is 1. The van der Waals surface area contributed by atoms with Gasteiger partial charge in [-0.1, -0.05) is 243 Å². The minimum absolute atomic E-state index is 0.287. The Morgan fingerprint density at radius 3 is 1.58 bits per heavy atom. The maximum Gasteiger partial charge on any atom is 0.0620 e. The summed E-state index contributed by atoms with van der Waals surface area (Å²) >= 11 is 0. The van der Waals surface area contributed by atoms with Crippen molar-refractivity contribution in [2.24, 2.45) is 0 Å². The van der Waals surface area contributed by atoms with E-state index in [1.54, 1.807) is 0 Å². The molecule has 1 aliphatic carbocycles. The van der Waals surface area contributed by atoms with Gasteiger partial charge in [-0.15, -0.1) is 0 Å². The number of hydrogen-bond donors (Lipinski definition) is 0. The molecule has 1 unspecified atom stereocenters. The lowest BCUT2D eigenvalue weighted by molar-refractivity contribution is 0.714.